The molecule has 0 amide bonds. The summed E-state index contributed by atoms with van der Waals surface area (Å²) in [7, 11) is 0. The van der Waals surface area contributed by atoms with Gasteiger partial charge in [0.05, 0.1) is 0 Å². The van der Waals surface area contributed by atoms with E-state index in [9.17, 15) is 0 Å². The number of hydrogen-bond donors (Lipinski definition) is 0. The van der Waals surface area contributed by atoms with Crippen LogP contribution >= 0.6 is 0 Å². The summed E-state index contributed by atoms with van der Waals surface area (Å²) < 4.78 is 4.33. The molecule has 1 saturated heterocycles. The Hall–Kier alpha value is -2.35. The Bertz CT molecular complexity index is 1540. The summed E-state index contributed by atoms with van der Waals surface area (Å²) in [6.45, 7) is 9.17. The average molecular weight is 628 g/mol. The molecule has 0 nitrogen and oxygen atoms in total. The number of allylic oxidation sites excluding steroid dienone is 2. The van der Waals surface area contributed by atoms with Crippen LogP contribution in [0.25, 0.3) is 34.4 Å². The SMILES string of the molecule is CCC1=Cc2c(-c3ccc(C)cc3)cccc2[CH]1[Ti+2]1([CH]2C(CC)=Cc3c(-c4ccc(C)cc4)cccc32)[CH2]C[CH2]1.[Cl-].[Cl-]. The van der Waals surface area contributed by atoms with Gasteiger partial charge in [0.1, 0.15) is 0 Å². The first kappa shape index (κ1) is 31.1. The van der Waals surface area contributed by atoms with Crippen molar-refractivity contribution >= 4 is 12.2 Å². The van der Waals surface area contributed by atoms with Crippen LogP contribution in [0.1, 0.15) is 74.9 Å². The van der Waals surface area contributed by atoms with E-state index in [1.54, 1.807) is 22.3 Å². The zero-order chi connectivity index (χ0) is 27.4. The van der Waals surface area contributed by atoms with Crippen LogP contribution in [0.3, 0.4) is 0 Å². The van der Waals surface area contributed by atoms with Crippen LogP contribution in [-0.4, -0.2) is 0 Å². The van der Waals surface area contributed by atoms with Gasteiger partial charge >= 0.3 is 245 Å². The van der Waals surface area contributed by atoms with Gasteiger partial charge in [-0.25, -0.2) is 0 Å². The van der Waals surface area contributed by atoms with Crippen molar-refractivity contribution in [1.29, 1.82) is 0 Å². The number of aryl methyl sites for hydroxylation is 2. The second-order valence-electron chi connectivity index (χ2n) is 12.4. The van der Waals surface area contributed by atoms with Gasteiger partial charge in [-0.05, 0) is 0 Å². The van der Waals surface area contributed by atoms with Crippen LogP contribution in [0.4, 0.5) is 0 Å². The summed E-state index contributed by atoms with van der Waals surface area (Å²) in [6, 6.07) is 32.7. The quantitative estimate of drug-likeness (QED) is 0.250. The zero-order valence-electron chi connectivity index (χ0n) is 25.2. The fourth-order valence-corrected chi connectivity index (χ4v) is 18.3. The minimum Gasteiger partial charge on any atom is -1.00 e. The monoisotopic (exact) mass is 626 g/mol. The van der Waals surface area contributed by atoms with Crippen LogP contribution in [-0.2, 0) is 16.6 Å². The van der Waals surface area contributed by atoms with Gasteiger partial charge in [-0.3, -0.25) is 0 Å². The molecule has 0 aromatic heterocycles. The number of fused-ring (bicyclic) bond motifs is 2. The van der Waals surface area contributed by atoms with Gasteiger partial charge in [-0.2, -0.15) is 0 Å². The van der Waals surface area contributed by atoms with E-state index in [2.05, 4.69) is 125 Å². The Morgan fingerprint density at radius 3 is 1.31 bits per heavy atom. The first-order chi connectivity index (χ1) is 19.5. The van der Waals surface area contributed by atoms with Crippen molar-refractivity contribution in [3.63, 3.8) is 0 Å². The fourth-order valence-electron chi connectivity index (χ4n) is 8.20. The summed E-state index contributed by atoms with van der Waals surface area (Å²) in [5.41, 5.74) is 17.9. The van der Waals surface area contributed by atoms with Crippen molar-refractivity contribution in [1.82, 2.24) is 0 Å². The van der Waals surface area contributed by atoms with E-state index in [-0.39, 0.29) is 24.8 Å². The fraction of sp³-hybridized carbons (Fsp3) is 0.282. The Labute approximate surface area is 268 Å². The molecule has 2 unspecified atom stereocenters. The molecule has 1 fully saturated rings. The Morgan fingerprint density at radius 2 is 0.976 bits per heavy atom. The number of rotatable bonds is 6. The topological polar surface area (TPSA) is 0 Å². The van der Waals surface area contributed by atoms with Crippen molar-refractivity contribution in [2.24, 2.45) is 0 Å². The molecule has 1 aliphatic heterocycles. The molecule has 2 aliphatic carbocycles. The third kappa shape index (κ3) is 4.90. The molecule has 2 atom stereocenters. The zero-order valence-corrected chi connectivity index (χ0v) is 28.3. The van der Waals surface area contributed by atoms with E-state index < -0.39 is 16.6 Å². The molecule has 0 radical (unpaired) electrons. The van der Waals surface area contributed by atoms with Crippen molar-refractivity contribution in [2.45, 2.75) is 64.9 Å². The third-order valence-electron chi connectivity index (χ3n) is 10.3. The van der Waals surface area contributed by atoms with Gasteiger partial charge in [0.15, 0.2) is 0 Å². The molecule has 3 heteroatoms. The molecule has 7 rings (SSSR count). The van der Waals surface area contributed by atoms with Crippen LogP contribution in [0.15, 0.2) is 96.1 Å². The maximum Gasteiger partial charge on any atom is -1.00 e. The van der Waals surface area contributed by atoms with Crippen LogP contribution in [0, 0.1) is 13.8 Å². The maximum atomic E-state index is 2.62. The van der Waals surface area contributed by atoms with Crippen molar-refractivity contribution in [2.75, 3.05) is 0 Å². The molecule has 0 bridgehead atoms. The predicted molar refractivity (Wildman–Crippen MR) is 169 cm³/mol. The molecular formula is C39H40Cl2Ti. The molecule has 0 spiro atoms. The standard InChI is InChI=1S/2C18H17.C3H6.2ClH.Ti/c2*1-3-14-11-16-5-4-6-17(18(16)12-14)15-9-7-13(2)8-10-15;1-3-2;;;/h2*4-12H,3H2,1-2H3;1-3H2;2*1H;/q;;;;;+2/p-2. The van der Waals surface area contributed by atoms with Gasteiger partial charge in [0.25, 0.3) is 0 Å². The van der Waals surface area contributed by atoms with Crippen LogP contribution in [0.5, 0.6) is 0 Å². The second-order valence-corrected chi connectivity index (χ2v) is 19.7. The van der Waals surface area contributed by atoms with E-state index in [0.29, 0.717) is 8.45 Å². The summed E-state index contributed by atoms with van der Waals surface area (Å²) in [5, 5.41) is 0. The van der Waals surface area contributed by atoms with Gasteiger partial charge in [-0.15, -0.1) is 0 Å². The molecule has 3 aliphatic rings. The molecular weight excluding hydrogens is 587 g/mol. The Morgan fingerprint density at radius 1 is 0.571 bits per heavy atom. The van der Waals surface area contributed by atoms with E-state index in [1.165, 1.54) is 60.4 Å². The minimum absolute atomic E-state index is 0. The van der Waals surface area contributed by atoms with Crippen molar-refractivity contribution in [3.05, 3.63) is 129 Å². The number of halogens is 2. The second kappa shape index (κ2) is 12.3. The van der Waals surface area contributed by atoms with E-state index in [4.69, 9.17) is 0 Å². The smallest absolute Gasteiger partial charge is 1.00 e. The third-order valence-corrected chi connectivity index (χ3v) is 20.0. The molecule has 4 aromatic rings. The number of hydrogen-bond acceptors (Lipinski definition) is 0. The van der Waals surface area contributed by atoms with Gasteiger partial charge in [0, 0.05) is 0 Å². The normalized spacial score (nSPS) is 18.7. The van der Waals surface area contributed by atoms with E-state index in [0.717, 1.165) is 12.8 Å². The molecule has 0 saturated carbocycles. The summed E-state index contributed by atoms with van der Waals surface area (Å²) >= 11 is -2.45. The Balaban J connectivity index is 0.00000176. The predicted octanol–water partition coefficient (Wildman–Crippen LogP) is 5.44. The maximum absolute atomic E-state index is 2.62. The average Bonchev–Trinajstić information content (AvgIpc) is 3.53. The molecule has 4 aromatic carbocycles. The first-order valence-electron chi connectivity index (χ1n) is 15.3. The van der Waals surface area contributed by atoms with Crippen LogP contribution < -0.4 is 24.8 Å². The van der Waals surface area contributed by atoms with Crippen molar-refractivity contribution < 1.29 is 41.4 Å². The van der Waals surface area contributed by atoms with E-state index >= 15 is 0 Å². The Kier molecular flexibility index (Phi) is 9.13. The molecule has 42 heavy (non-hydrogen) atoms. The summed E-state index contributed by atoms with van der Waals surface area (Å²) in [5.74, 6) is 0. The van der Waals surface area contributed by atoms with Crippen molar-refractivity contribution in [3.8, 4) is 22.3 Å². The van der Waals surface area contributed by atoms with Gasteiger partial charge in [-0.1, -0.05) is 0 Å². The summed E-state index contributed by atoms with van der Waals surface area (Å²) in [6.07, 6.45) is 8.98. The molecule has 214 valence electrons. The largest absolute Gasteiger partial charge is 1.00 e. The first-order valence-corrected chi connectivity index (χ1v) is 19.4. The minimum atomic E-state index is -2.45. The number of benzene rings is 4. The van der Waals surface area contributed by atoms with Crippen LogP contribution in [0.2, 0.25) is 9.45 Å². The summed E-state index contributed by atoms with van der Waals surface area (Å²) in [4.78, 5) is 0. The van der Waals surface area contributed by atoms with Gasteiger partial charge < -0.3 is 24.8 Å². The molecule has 0 N–H and O–H groups in total. The van der Waals surface area contributed by atoms with Gasteiger partial charge in [0.2, 0.25) is 0 Å². The van der Waals surface area contributed by atoms with E-state index in [1.807, 2.05) is 0 Å². The molecule has 1 heterocycles.